The highest BCUT2D eigenvalue weighted by atomic mass is 16.6. The summed E-state index contributed by atoms with van der Waals surface area (Å²) < 4.78 is 15.8. The second kappa shape index (κ2) is 6.69. The number of ether oxygens (including phenoxy) is 2. The summed E-state index contributed by atoms with van der Waals surface area (Å²) in [4.78, 5) is 23.6. The van der Waals surface area contributed by atoms with Gasteiger partial charge >= 0.3 is 0 Å². The minimum absolute atomic E-state index is 0.351. The van der Waals surface area contributed by atoms with Crippen molar-refractivity contribution >= 4 is 17.9 Å². The van der Waals surface area contributed by atoms with Crippen molar-refractivity contribution in [2.45, 2.75) is 0 Å². The lowest BCUT2D eigenvalue weighted by molar-refractivity contribution is -0.117. The molecule has 1 aromatic heterocycles. The Bertz CT molecular complexity index is 737. The first-order valence-electron chi connectivity index (χ1n) is 6.94. The average Bonchev–Trinajstić information content (AvgIpc) is 3.11. The first-order chi connectivity index (χ1) is 11.2. The Morgan fingerprint density at radius 1 is 1.04 bits per heavy atom. The van der Waals surface area contributed by atoms with E-state index in [9.17, 15) is 9.59 Å². The van der Waals surface area contributed by atoms with Crippen molar-refractivity contribution in [1.82, 2.24) is 10.9 Å². The first kappa shape index (κ1) is 14.7. The number of hydrogen-bond donors (Lipinski definition) is 2. The molecule has 118 valence electrons. The van der Waals surface area contributed by atoms with Gasteiger partial charge in [-0.25, -0.2) is 0 Å². The summed E-state index contributed by atoms with van der Waals surface area (Å²) in [6.45, 7) is 0.920. The Morgan fingerprint density at radius 2 is 1.87 bits per heavy atom. The molecule has 0 spiro atoms. The molecule has 0 radical (unpaired) electrons. The smallest absolute Gasteiger partial charge is 0.269 e. The molecule has 0 fully saturated rings. The Balaban J connectivity index is 1.56. The van der Waals surface area contributed by atoms with Crippen molar-refractivity contribution in [1.29, 1.82) is 0 Å². The maximum atomic E-state index is 12.0. The van der Waals surface area contributed by atoms with Crippen molar-refractivity contribution in [2.24, 2.45) is 0 Å². The number of furan rings is 1. The normalized spacial score (nSPS) is 12.9. The lowest BCUT2D eigenvalue weighted by Crippen LogP contribution is -2.40. The fourth-order valence-corrected chi connectivity index (χ4v) is 1.96. The monoisotopic (exact) mass is 314 g/mol. The number of hydrogen-bond acceptors (Lipinski definition) is 5. The molecular weight excluding hydrogens is 300 g/mol. The van der Waals surface area contributed by atoms with E-state index in [4.69, 9.17) is 13.9 Å². The summed E-state index contributed by atoms with van der Waals surface area (Å²) in [5.74, 6) is 0.707. The zero-order chi connectivity index (χ0) is 16.1. The minimum Gasteiger partial charge on any atom is -0.486 e. The largest absolute Gasteiger partial charge is 0.486 e. The number of amides is 2. The zero-order valence-electron chi connectivity index (χ0n) is 12.1. The lowest BCUT2D eigenvalue weighted by Gasteiger charge is -2.18. The molecule has 0 bridgehead atoms. The van der Waals surface area contributed by atoms with Crippen molar-refractivity contribution < 1.29 is 23.5 Å². The van der Waals surface area contributed by atoms with Crippen LogP contribution in [0.2, 0.25) is 0 Å². The standard InChI is InChI=1S/C16H14N2O5/c19-15(6-4-12-2-1-7-21-12)17-18-16(20)11-3-5-13-14(10-11)23-9-8-22-13/h1-7,10H,8-9H2,(H,17,19)(H,18,20)/b6-4+. The highest BCUT2D eigenvalue weighted by Gasteiger charge is 2.15. The Kier molecular flexibility index (Phi) is 4.28. The molecule has 0 aliphatic carbocycles. The van der Waals surface area contributed by atoms with Crippen LogP contribution in [-0.2, 0) is 4.79 Å². The third-order valence-corrected chi connectivity index (χ3v) is 3.05. The van der Waals surface area contributed by atoms with Crippen LogP contribution >= 0.6 is 0 Å². The molecular formula is C16H14N2O5. The first-order valence-corrected chi connectivity index (χ1v) is 6.94. The number of carbonyl (C=O) groups is 2. The molecule has 3 rings (SSSR count). The van der Waals surface area contributed by atoms with E-state index in [-0.39, 0.29) is 0 Å². The molecule has 2 heterocycles. The third kappa shape index (κ3) is 3.70. The third-order valence-electron chi connectivity index (χ3n) is 3.05. The van der Waals surface area contributed by atoms with E-state index in [0.717, 1.165) is 0 Å². The van der Waals surface area contributed by atoms with Gasteiger partial charge in [0.05, 0.1) is 6.26 Å². The van der Waals surface area contributed by atoms with Crippen molar-refractivity contribution in [3.8, 4) is 11.5 Å². The van der Waals surface area contributed by atoms with Gasteiger partial charge in [-0.1, -0.05) is 0 Å². The number of hydrazine groups is 1. The molecule has 23 heavy (non-hydrogen) atoms. The molecule has 2 amide bonds. The van der Waals surface area contributed by atoms with Crippen LogP contribution in [0.5, 0.6) is 11.5 Å². The quantitative estimate of drug-likeness (QED) is 0.662. The van der Waals surface area contributed by atoms with Crippen molar-refractivity contribution in [2.75, 3.05) is 13.2 Å². The molecule has 7 heteroatoms. The predicted molar refractivity (Wildman–Crippen MR) is 80.8 cm³/mol. The summed E-state index contributed by atoms with van der Waals surface area (Å²) in [5.41, 5.74) is 4.95. The van der Waals surface area contributed by atoms with Gasteiger partial charge in [-0.3, -0.25) is 20.4 Å². The maximum absolute atomic E-state index is 12.0. The summed E-state index contributed by atoms with van der Waals surface area (Å²) in [7, 11) is 0. The van der Waals surface area contributed by atoms with Crippen molar-refractivity contribution in [3.63, 3.8) is 0 Å². The fraction of sp³-hybridized carbons (Fsp3) is 0.125. The van der Waals surface area contributed by atoms with Gasteiger partial charge in [0, 0.05) is 11.6 Å². The second-order valence-electron chi connectivity index (χ2n) is 4.65. The van der Waals surface area contributed by atoms with Gasteiger partial charge in [0.2, 0.25) is 0 Å². The fourth-order valence-electron chi connectivity index (χ4n) is 1.96. The molecule has 0 saturated heterocycles. The molecule has 2 aromatic rings. The van der Waals surface area contributed by atoms with E-state index < -0.39 is 11.8 Å². The van der Waals surface area contributed by atoms with Crippen LogP contribution in [0.3, 0.4) is 0 Å². The molecule has 0 atom stereocenters. The molecule has 0 unspecified atom stereocenters. The molecule has 0 saturated carbocycles. The van der Waals surface area contributed by atoms with E-state index in [1.165, 1.54) is 18.4 Å². The Morgan fingerprint density at radius 3 is 2.65 bits per heavy atom. The second-order valence-corrected chi connectivity index (χ2v) is 4.65. The van der Waals surface area contributed by atoms with E-state index in [2.05, 4.69) is 10.9 Å². The molecule has 2 N–H and O–H groups in total. The number of carbonyl (C=O) groups excluding carboxylic acids is 2. The number of benzene rings is 1. The van der Waals surface area contributed by atoms with E-state index in [1.807, 2.05) is 0 Å². The summed E-state index contributed by atoms with van der Waals surface area (Å²) in [6.07, 6.45) is 4.25. The van der Waals surface area contributed by atoms with Gasteiger partial charge in [0.1, 0.15) is 19.0 Å². The van der Waals surface area contributed by atoms with E-state index in [1.54, 1.807) is 30.3 Å². The van der Waals surface area contributed by atoms with Crippen LogP contribution < -0.4 is 20.3 Å². The molecule has 1 aliphatic rings. The Hall–Kier alpha value is -3.22. The molecule has 1 aromatic carbocycles. The lowest BCUT2D eigenvalue weighted by atomic mass is 10.2. The highest BCUT2D eigenvalue weighted by Crippen LogP contribution is 2.30. The highest BCUT2D eigenvalue weighted by molar-refractivity contribution is 5.98. The summed E-state index contributed by atoms with van der Waals surface area (Å²) in [5, 5.41) is 0. The van der Waals surface area contributed by atoms with Gasteiger partial charge in [-0.15, -0.1) is 0 Å². The van der Waals surface area contributed by atoms with Crippen LogP contribution in [0.25, 0.3) is 6.08 Å². The summed E-state index contributed by atoms with van der Waals surface area (Å²) >= 11 is 0. The van der Waals surface area contributed by atoms with Crippen LogP contribution in [0.15, 0.2) is 47.1 Å². The van der Waals surface area contributed by atoms with Gasteiger partial charge in [0.15, 0.2) is 11.5 Å². The van der Waals surface area contributed by atoms with Gasteiger partial charge < -0.3 is 13.9 Å². The molecule has 7 nitrogen and oxygen atoms in total. The van der Waals surface area contributed by atoms with Crippen LogP contribution in [0.1, 0.15) is 16.1 Å². The van der Waals surface area contributed by atoms with Crippen LogP contribution in [0, 0.1) is 0 Å². The van der Waals surface area contributed by atoms with E-state index in [0.29, 0.717) is 36.0 Å². The van der Waals surface area contributed by atoms with Gasteiger partial charge in [0.25, 0.3) is 11.8 Å². The average molecular weight is 314 g/mol. The van der Waals surface area contributed by atoms with Crippen molar-refractivity contribution in [3.05, 3.63) is 54.0 Å². The summed E-state index contributed by atoms with van der Waals surface area (Å²) in [6, 6.07) is 8.23. The maximum Gasteiger partial charge on any atom is 0.269 e. The van der Waals surface area contributed by atoms with Gasteiger partial charge in [-0.2, -0.15) is 0 Å². The minimum atomic E-state index is -0.479. The van der Waals surface area contributed by atoms with Crippen LogP contribution in [-0.4, -0.2) is 25.0 Å². The molecule has 1 aliphatic heterocycles. The zero-order valence-corrected chi connectivity index (χ0v) is 12.1. The topological polar surface area (TPSA) is 89.8 Å². The SMILES string of the molecule is O=C(/C=C/c1ccco1)NNC(=O)c1ccc2c(c1)OCCO2. The predicted octanol–water partition coefficient (Wildman–Crippen LogP) is 1.53. The van der Waals surface area contributed by atoms with E-state index >= 15 is 0 Å². The Labute approximate surface area is 131 Å². The van der Waals surface area contributed by atoms with Crippen LogP contribution in [0.4, 0.5) is 0 Å². The number of fused-ring (bicyclic) bond motifs is 1. The van der Waals surface area contributed by atoms with Gasteiger partial charge in [-0.05, 0) is 36.4 Å². The number of rotatable bonds is 3. The number of nitrogens with one attached hydrogen (secondary N) is 2.